The van der Waals surface area contributed by atoms with Crippen LogP contribution < -0.4 is 5.32 Å². The SMILES string of the molecule is O=C(O)c1ccc(CNc2cc(Br)ccc2Br)cc1. The van der Waals surface area contributed by atoms with Crippen LogP contribution in [0.15, 0.2) is 51.4 Å². The van der Waals surface area contributed by atoms with E-state index in [1.807, 2.05) is 30.3 Å². The molecule has 2 rings (SSSR count). The van der Waals surface area contributed by atoms with Crippen molar-refractivity contribution in [1.82, 2.24) is 0 Å². The molecule has 0 aromatic heterocycles. The van der Waals surface area contributed by atoms with Gasteiger partial charge in [0.05, 0.1) is 5.56 Å². The summed E-state index contributed by atoms with van der Waals surface area (Å²) in [5.41, 5.74) is 2.31. The Balaban J connectivity index is 2.06. The summed E-state index contributed by atoms with van der Waals surface area (Å²) in [7, 11) is 0. The van der Waals surface area contributed by atoms with Crippen LogP contribution >= 0.6 is 31.9 Å². The lowest BCUT2D eigenvalue weighted by molar-refractivity contribution is 0.0697. The molecule has 0 aliphatic carbocycles. The van der Waals surface area contributed by atoms with Crippen LogP contribution in [0, 0.1) is 0 Å². The van der Waals surface area contributed by atoms with Crippen LogP contribution in [0.2, 0.25) is 0 Å². The van der Waals surface area contributed by atoms with Crippen molar-refractivity contribution in [3.8, 4) is 0 Å². The molecule has 0 atom stereocenters. The fraction of sp³-hybridized carbons (Fsp3) is 0.0714. The molecule has 0 heterocycles. The van der Waals surface area contributed by atoms with Gasteiger partial charge in [-0.2, -0.15) is 0 Å². The molecule has 5 heteroatoms. The standard InChI is InChI=1S/C14H11Br2NO2/c15-11-5-6-12(16)13(7-11)17-8-9-1-3-10(4-2-9)14(18)19/h1-7,17H,8H2,(H,18,19). The molecular weight excluding hydrogens is 374 g/mol. The lowest BCUT2D eigenvalue weighted by Crippen LogP contribution is -2.01. The molecule has 3 nitrogen and oxygen atoms in total. The smallest absolute Gasteiger partial charge is 0.335 e. The molecule has 0 unspecified atom stereocenters. The molecule has 0 spiro atoms. The molecule has 0 aliphatic rings. The first-order chi connectivity index (χ1) is 9.06. The zero-order valence-electron chi connectivity index (χ0n) is 9.86. The number of halogens is 2. The van der Waals surface area contributed by atoms with Crippen LogP contribution in [-0.4, -0.2) is 11.1 Å². The van der Waals surface area contributed by atoms with Crippen molar-refractivity contribution in [3.05, 3.63) is 62.5 Å². The van der Waals surface area contributed by atoms with E-state index in [-0.39, 0.29) is 0 Å². The molecular formula is C14H11Br2NO2. The van der Waals surface area contributed by atoms with Gasteiger partial charge in [-0.25, -0.2) is 4.79 Å². The van der Waals surface area contributed by atoms with E-state index in [0.29, 0.717) is 12.1 Å². The summed E-state index contributed by atoms with van der Waals surface area (Å²) in [6, 6.07) is 12.7. The Morgan fingerprint density at radius 1 is 1.11 bits per heavy atom. The van der Waals surface area contributed by atoms with Crippen molar-refractivity contribution in [2.75, 3.05) is 5.32 Å². The highest BCUT2D eigenvalue weighted by Crippen LogP contribution is 2.26. The predicted octanol–water partition coefficient (Wildman–Crippen LogP) is 4.52. The van der Waals surface area contributed by atoms with E-state index < -0.39 is 5.97 Å². The van der Waals surface area contributed by atoms with E-state index >= 15 is 0 Å². The third-order valence-corrected chi connectivity index (χ3v) is 3.80. The van der Waals surface area contributed by atoms with Crippen molar-refractivity contribution in [1.29, 1.82) is 0 Å². The van der Waals surface area contributed by atoms with Crippen molar-refractivity contribution < 1.29 is 9.90 Å². The fourth-order valence-corrected chi connectivity index (χ4v) is 2.34. The Bertz CT molecular complexity index is 597. The molecule has 0 bridgehead atoms. The van der Waals surface area contributed by atoms with Crippen molar-refractivity contribution in [2.45, 2.75) is 6.54 Å². The maximum atomic E-state index is 10.7. The lowest BCUT2D eigenvalue weighted by Gasteiger charge is -2.09. The summed E-state index contributed by atoms with van der Waals surface area (Å²) in [5.74, 6) is -0.908. The summed E-state index contributed by atoms with van der Waals surface area (Å²) in [6.07, 6.45) is 0. The Hall–Kier alpha value is -1.33. The molecule has 0 fully saturated rings. The minimum Gasteiger partial charge on any atom is -0.478 e. The third kappa shape index (κ3) is 3.81. The number of nitrogens with one attached hydrogen (secondary N) is 1. The van der Waals surface area contributed by atoms with Gasteiger partial charge in [0.1, 0.15) is 0 Å². The van der Waals surface area contributed by atoms with Crippen LogP contribution in [0.1, 0.15) is 15.9 Å². The number of anilines is 1. The Morgan fingerprint density at radius 2 is 1.79 bits per heavy atom. The fourth-order valence-electron chi connectivity index (χ4n) is 1.60. The first kappa shape index (κ1) is 14.1. The van der Waals surface area contributed by atoms with E-state index in [4.69, 9.17) is 5.11 Å². The van der Waals surface area contributed by atoms with Crippen LogP contribution in [0.5, 0.6) is 0 Å². The molecule has 19 heavy (non-hydrogen) atoms. The second-order valence-electron chi connectivity index (χ2n) is 3.98. The first-order valence-corrected chi connectivity index (χ1v) is 7.16. The van der Waals surface area contributed by atoms with E-state index in [9.17, 15) is 4.79 Å². The highest BCUT2D eigenvalue weighted by atomic mass is 79.9. The van der Waals surface area contributed by atoms with E-state index in [1.165, 1.54) is 0 Å². The molecule has 2 aromatic rings. The minimum absolute atomic E-state index is 0.299. The quantitative estimate of drug-likeness (QED) is 0.814. The van der Waals surface area contributed by atoms with Gasteiger partial charge in [0.15, 0.2) is 0 Å². The van der Waals surface area contributed by atoms with Gasteiger partial charge in [-0.15, -0.1) is 0 Å². The van der Waals surface area contributed by atoms with Gasteiger partial charge >= 0.3 is 5.97 Å². The maximum absolute atomic E-state index is 10.7. The highest BCUT2D eigenvalue weighted by molar-refractivity contribution is 9.11. The number of carboxylic acids is 1. The molecule has 0 aliphatic heterocycles. The maximum Gasteiger partial charge on any atom is 0.335 e. The number of carboxylic acid groups (broad SMARTS) is 1. The average molecular weight is 385 g/mol. The number of carbonyl (C=O) groups is 1. The highest BCUT2D eigenvalue weighted by Gasteiger charge is 2.03. The van der Waals surface area contributed by atoms with Gasteiger partial charge in [-0.05, 0) is 51.8 Å². The summed E-state index contributed by atoms with van der Waals surface area (Å²) < 4.78 is 1.98. The van der Waals surface area contributed by atoms with Gasteiger partial charge < -0.3 is 10.4 Å². The largest absolute Gasteiger partial charge is 0.478 e. The number of benzene rings is 2. The summed E-state index contributed by atoms with van der Waals surface area (Å²) >= 11 is 6.90. The monoisotopic (exact) mass is 383 g/mol. The molecule has 98 valence electrons. The molecule has 0 saturated carbocycles. The van der Waals surface area contributed by atoms with E-state index in [2.05, 4.69) is 37.2 Å². The van der Waals surface area contributed by atoms with Gasteiger partial charge in [-0.1, -0.05) is 28.1 Å². The molecule has 0 saturated heterocycles. The van der Waals surface area contributed by atoms with Crippen molar-refractivity contribution in [3.63, 3.8) is 0 Å². The van der Waals surface area contributed by atoms with Crippen molar-refractivity contribution in [2.24, 2.45) is 0 Å². The zero-order valence-corrected chi connectivity index (χ0v) is 13.0. The molecule has 2 aromatic carbocycles. The van der Waals surface area contributed by atoms with E-state index in [1.54, 1.807) is 12.1 Å². The lowest BCUT2D eigenvalue weighted by atomic mass is 10.1. The second-order valence-corrected chi connectivity index (χ2v) is 5.75. The van der Waals surface area contributed by atoms with Crippen LogP contribution in [-0.2, 0) is 6.54 Å². The van der Waals surface area contributed by atoms with E-state index in [0.717, 1.165) is 20.2 Å². The average Bonchev–Trinajstić information content (AvgIpc) is 2.40. The van der Waals surface area contributed by atoms with Gasteiger partial charge in [-0.3, -0.25) is 0 Å². The summed E-state index contributed by atoms with van der Waals surface area (Å²) in [6.45, 7) is 0.634. The number of rotatable bonds is 4. The van der Waals surface area contributed by atoms with Gasteiger partial charge in [0, 0.05) is 21.2 Å². The van der Waals surface area contributed by atoms with Crippen LogP contribution in [0.4, 0.5) is 5.69 Å². The number of aromatic carboxylic acids is 1. The Kier molecular flexibility index (Phi) is 4.61. The Labute approximate surface area is 127 Å². The summed E-state index contributed by atoms with van der Waals surface area (Å²) in [4.78, 5) is 10.7. The molecule has 0 amide bonds. The minimum atomic E-state index is -0.908. The van der Waals surface area contributed by atoms with Crippen LogP contribution in [0.25, 0.3) is 0 Å². The first-order valence-electron chi connectivity index (χ1n) is 5.57. The van der Waals surface area contributed by atoms with Gasteiger partial charge in [0.25, 0.3) is 0 Å². The van der Waals surface area contributed by atoms with Crippen LogP contribution in [0.3, 0.4) is 0 Å². The van der Waals surface area contributed by atoms with Gasteiger partial charge in [0.2, 0.25) is 0 Å². The van der Waals surface area contributed by atoms with Crippen molar-refractivity contribution >= 4 is 43.5 Å². The number of hydrogen-bond donors (Lipinski definition) is 2. The topological polar surface area (TPSA) is 49.3 Å². The molecule has 0 radical (unpaired) electrons. The molecule has 2 N–H and O–H groups in total. The number of hydrogen-bond acceptors (Lipinski definition) is 2. The predicted molar refractivity (Wildman–Crippen MR) is 82.6 cm³/mol. The summed E-state index contributed by atoms with van der Waals surface area (Å²) in [5, 5.41) is 12.1. The Morgan fingerprint density at radius 3 is 2.42 bits per heavy atom. The second kappa shape index (κ2) is 6.21. The zero-order chi connectivity index (χ0) is 13.8. The normalized spacial score (nSPS) is 10.2. The third-order valence-electron chi connectivity index (χ3n) is 2.61.